The maximum absolute atomic E-state index is 13.2. The first kappa shape index (κ1) is 27.0. The van der Waals surface area contributed by atoms with E-state index >= 15 is 0 Å². The minimum atomic E-state index is -3.68. The number of anilines is 2. The van der Waals surface area contributed by atoms with Gasteiger partial charge in [0.2, 0.25) is 10.0 Å². The van der Waals surface area contributed by atoms with Crippen molar-refractivity contribution in [2.45, 2.75) is 24.8 Å². The van der Waals surface area contributed by atoms with E-state index in [2.05, 4.69) is 5.32 Å². The molecule has 0 unspecified atom stereocenters. The van der Waals surface area contributed by atoms with Gasteiger partial charge >= 0.3 is 5.97 Å². The zero-order valence-electron chi connectivity index (χ0n) is 21.0. The van der Waals surface area contributed by atoms with E-state index in [9.17, 15) is 18.0 Å². The average molecular weight is 544 g/mol. The van der Waals surface area contributed by atoms with Crippen molar-refractivity contribution in [2.75, 3.05) is 43.0 Å². The van der Waals surface area contributed by atoms with Crippen LogP contribution >= 0.6 is 0 Å². The zero-order valence-corrected chi connectivity index (χ0v) is 21.8. The Bertz CT molecular complexity index is 1360. The van der Waals surface area contributed by atoms with Crippen molar-refractivity contribution in [3.63, 3.8) is 0 Å². The lowest BCUT2D eigenvalue weighted by Crippen LogP contribution is -2.48. The standard InChI is InChI=1S/C26H29N3O8S/c1-18(2)37-20-6-8-21(9-7-20)38(33,34)29-13-11-28(12-14-29)19-5-10-22(24(16-19)36-17-25(30)31)27-26(32)23-4-3-15-35-23/h3-10,15-16,18H,11-14,17H2,1-2H3,(H,27,32)(H,30,31). The van der Waals surface area contributed by atoms with Gasteiger partial charge in [0, 0.05) is 37.9 Å². The fourth-order valence-corrected chi connectivity index (χ4v) is 5.38. The van der Waals surface area contributed by atoms with Crippen molar-refractivity contribution in [3.05, 3.63) is 66.6 Å². The number of aliphatic carboxylic acids is 1. The molecule has 0 spiro atoms. The van der Waals surface area contributed by atoms with Crippen molar-refractivity contribution in [1.82, 2.24) is 4.31 Å². The van der Waals surface area contributed by atoms with Crippen LogP contribution in [0.5, 0.6) is 11.5 Å². The molecule has 1 fully saturated rings. The molecule has 4 rings (SSSR count). The van der Waals surface area contributed by atoms with E-state index in [4.69, 9.17) is 19.0 Å². The summed E-state index contributed by atoms with van der Waals surface area (Å²) in [5.74, 6) is -0.804. The van der Waals surface area contributed by atoms with Gasteiger partial charge in [-0.05, 0) is 62.4 Å². The normalized spacial score (nSPS) is 14.3. The van der Waals surface area contributed by atoms with Gasteiger partial charge in [0.1, 0.15) is 11.5 Å². The number of furan rings is 1. The third-order valence-corrected chi connectivity index (χ3v) is 7.66. The molecule has 12 heteroatoms. The molecule has 1 aromatic heterocycles. The molecule has 38 heavy (non-hydrogen) atoms. The Balaban J connectivity index is 1.45. The lowest BCUT2D eigenvalue weighted by molar-refractivity contribution is -0.139. The molecule has 1 aliphatic rings. The predicted octanol–water partition coefficient (Wildman–Crippen LogP) is 3.29. The number of amides is 1. The Hall–Kier alpha value is -4.03. The van der Waals surface area contributed by atoms with Crippen molar-refractivity contribution >= 4 is 33.3 Å². The maximum atomic E-state index is 13.2. The third-order valence-electron chi connectivity index (χ3n) is 5.75. The van der Waals surface area contributed by atoms with Crippen LogP contribution in [0.25, 0.3) is 0 Å². The van der Waals surface area contributed by atoms with Crippen LogP contribution in [0.4, 0.5) is 11.4 Å². The number of sulfonamides is 1. The Labute approximate surface area is 220 Å². The summed E-state index contributed by atoms with van der Waals surface area (Å²) < 4.78 is 43.9. The molecule has 0 aliphatic carbocycles. The second-order valence-electron chi connectivity index (χ2n) is 8.82. The van der Waals surface area contributed by atoms with E-state index in [-0.39, 0.29) is 41.3 Å². The second kappa shape index (κ2) is 11.6. The highest BCUT2D eigenvalue weighted by Crippen LogP contribution is 2.32. The first-order chi connectivity index (χ1) is 18.1. The lowest BCUT2D eigenvalue weighted by atomic mass is 10.2. The molecular formula is C26H29N3O8S. The minimum Gasteiger partial charge on any atom is -0.491 e. The number of piperazine rings is 1. The number of carboxylic acid groups (broad SMARTS) is 1. The Morgan fingerprint density at radius 2 is 1.76 bits per heavy atom. The molecule has 2 aromatic carbocycles. The summed E-state index contributed by atoms with van der Waals surface area (Å²) in [5, 5.41) is 11.7. The van der Waals surface area contributed by atoms with Crippen molar-refractivity contribution < 1.29 is 37.0 Å². The van der Waals surface area contributed by atoms with Crippen LogP contribution in [-0.4, -0.2) is 68.6 Å². The first-order valence-electron chi connectivity index (χ1n) is 12.0. The smallest absolute Gasteiger partial charge is 0.341 e. The number of carboxylic acids is 1. The van der Waals surface area contributed by atoms with Crippen LogP contribution in [0.3, 0.4) is 0 Å². The van der Waals surface area contributed by atoms with Crippen LogP contribution < -0.4 is 19.7 Å². The topological polar surface area (TPSA) is 139 Å². The monoisotopic (exact) mass is 543 g/mol. The highest BCUT2D eigenvalue weighted by Gasteiger charge is 2.29. The molecule has 2 N–H and O–H groups in total. The fraction of sp³-hybridized carbons (Fsp3) is 0.308. The molecule has 2 heterocycles. The number of benzene rings is 2. The Morgan fingerprint density at radius 3 is 2.37 bits per heavy atom. The van der Waals surface area contributed by atoms with Gasteiger partial charge in [0.25, 0.3) is 5.91 Å². The molecule has 0 saturated carbocycles. The highest BCUT2D eigenvalue weighted by atomic mass is 32.2. The number of carbonyl (C=O) groups excluding carboxylic acids is 1. The number of hydrogen-bond acceptors (Lipinski definition) is 8. The SMILES string of the molecule is CC(C)Oc1ccc(S(=O)(=O)N2CCN(c3ccc(NC(=O)c4ccco4)c(OCC(=O)O)c3)CC2)cc1. The van der Waals surface area contributed by atoms with E-state index in [1.54, 1.807) is 48.5 Å². The number of carbonyl (C=O) groups is 2. The molecule has 0 radical (unpaired) electrons. The highest BCUT2D eigenvalue weighted by molar-refractivity contribution is 7.89. The van der Waals surface area contributed by atoms with Gasteiger partial charge < -0.3 is 29.2 Å². The summed E-state index contributed by atoms with van der Waals surface area (Å²) in [6, 6.07) is 14.4. The van der Waals surface area contributed by atoms with Gasteiger partial charge in [-0.3, -0.25) is 4.79 Å². The van der Waals surface area contributed by atoms with Gasteiger partial charge in [-0.1, -0.05) is 0 Å². The number of nitrogens with one attached hydrogen (secondary N) is 1. The maximum Gasteiger partial charge on any atom is 0.341 e. The number of nitrogens with zero attached hydrogens (tertiary/aromatic N) is 2. The average Bonchev–Trinajstić information content (AvgIpc) is 3.43. The molecular weight excluding hydrogens is 514 g/mol. The number of ether oxygens (including phenoxy) is 2. The summed E-state index contributed by atoms with van der Waals surface area (Å²) in [4.78, 5) is 25.7. The molecule has 1 amide bonds. The Morgan fingerprint density at radius 1 is 1.05 bits per heavy atom. The summed E-state index contributed by atoms with van der Waals surface area (Å²) in [6.45, 7) is 4.53. The van der Waals surface area contributed by atoms with Gasteiger partial charge in [0.05, 0.1) is 22.9 Å². The van der Waals surface area contributed by atoms with E-state index in [0.29, 0.717) is 24.5 Å². The quantitative estimate of drug-likeness (QED) is 0.394. The van der Waals surface area contributed by atoms with Crippen LogP contribution in [0, 0.1) is 0 Å². The fourth-order valence-electron chi connectivity index (χ4n) is 3.96. The van der Waals surface area contributed by atoms with Crippen LogP contribution in [0.15, 0.2) is 70.2 Å². The van der Waals surface area contributed by atoms with E-state index in [0.717, 1.165) is 0 Å². The van der Waals surface area contributed by atoms with E-state index in [1.165, 1.54) is 16.6 Å². The van der Waals surface area contributed by atoms with Crippen LogP contribution in [0.2, 0.25) is 0 Å². The van der Waals surface area contributed by atoms with Crippen molar-refractivity contribution in [1.29, 1.82) is 0 Å². The van der Waals surface area contributed by atoms with E-state index in [1.807, 2.05) is 18.7 Å². The van der Waals surface area contributed by atoms with Crippen LogP contribution in [0.1, 0.15) is 24.4 Å². The summed E-state index contributed by atoms with van der Waals surface area (Å²) in [7, 11) is -3.68. The Kier molecular flexibility index (Phi) is 8.23. The molecule has 1 aliphatic heterocycles. The summed E-state index contributed by atoms with van der Waals surface area (Å²) in [5.41, 5.74) is 0.983. The first-order valence-corrected chi connectivity index (χ1v) is 13.4. The van der Waals surface area contributed by atoms with Gasteiger partial charge in [-0.2, -0.15) is 4.31 Å². The minimum absolute atomic E-state index is 0.0121. The number of hydrogen-bond donors (Lipinski definition) is 2. The van der Waals surface area contributed by atoms with Gasteiger partial charge in [-0.25, -0.2) is 13.2 Å². The molecule has 1 saturated heterocycles. The molecule has 0 atom stereocenters. The molecule has 0 bridgehead atoms. The van der Waals surface area contributed by atoms with E-state index < -0.39 is 28.5 Å². The molecule has 11 nitrogen and oxygen atoms in total. The van der Waals surface area contributed by atoms with Gasteiger partial charge in [-0.15, -0.1) is 0 Å². The van der Waals surface area contributed by atoms with Crippen LogP contribution in [-0.2, 0) is 14.8 Å². The molecule has 3 aromatic rings. The summed E-state index contributed by atoms with van der Waals surface area (Å²) >= 11 is 0. The summed E-state index contributed by atoms with van der Waals surface area (Å²) in [6.07, 6.45) is 1.36. The largest absolute Gasteiger partial charge is 0.491 e. The number of rotatable bonds is 10. The second-order valence-corrected chi connectivity index (χ2v) is 10.8. The van der Waals surface area contributed by atoms with Crippen molar-refractivity contribution in [3.8, 4) is 11.5 Å². The molecule has 202 valence electrons. The lowest BCUT2D eigenvalue weighted by Gasteiger charge is -2.35. The van der Waals surface area contributed by atoms with Crippen molar-refractivity contribution in [2.24, 2.45) is 0 Å². The zero-order chi connectivity index (χ0) is 27.3. The van der Waals surface area contributed by atoms with Gasteiger partial charge in [0.15, 0.2) is 12.4 Å². The predicted molar refractivity (Wildman–Crippen MR) is 139 cm³/mol. The third kappa shape index (κ3) is 6.45.